The van der Waals surface area contributed by atoms with Crippen molar-refractivity contribution in [1.82, 2.24) is 9.13 Å². The second kappa shape index (κ2) is 15.2. The van der Waals surface area contributed by atoms with Crippen molar-refractivity contribution in [3.05, 3.63) is 181 Å². The van der Waals surface area contributed by atoms with Gasteiger partial charge in [-0.2, -0.15) is 0 Å². The Bertz CT molecular complexity index is 3420. The highest BCUT2D eigenvalue weighted by Crippen LogP contribution is 2.44. The van der Waals surface area contributed by atoms with E-state index in [1.807, 2.05) is 11.3 Å². The van der Waals surface area contributed by atoms with Gasteiger partial charge >= 0.3 is 0 Å². The Balaban J connectivity index is 0.982. The molecule has 2 atom stereocenters. The molecule has 11 aromatic rings. The first-order valence-electron chi connectivity index (χ1n) is 22.4. The van der Waals surface area contributed by atoms with Crippen molar-refractivity contribution in [3.63, 3.8) is 0 Å². The highest BCUT2D eigenvalue weighted by molar-refractivity contribution is 7.25. The largest absolute Gasteiger partial charge is 0.309 e. The Kier molecular flexibility index (Phi) is 9.43. The summed E-state index contributed by atoms with van der Waals surface area (Å²) in [6.07, 6.45) is 3.72. The molecular weight excluding hydrogens is 769 g/mol. The lowest BCUT2D eigenvalue weighted by Gasteiger charge is -2.33. The summed E-state index contributed by atoms with van der Waals surface area (Å²) in [5, 5.41) is 7.75. The van der Waals surface area contributed by atoms with Crippen molar-refractivity contribution in [3.8, 4) is 33.6 Å². The molecule has 0 N–H and O–H groups in total. The van der Waals surface area contributed by atoms with Crippen molar-refractivity contribution >= 4 is 75.1 Å². The van der Waals surface area contributed by atoms with E-state index in [0.29, 0.717) is 11.8 Å². The fourth-order valence-corrected chi connectivity index (χ4v) is 11.5. The van der Waals surface area contributed by atoms with E-state index in [4.69, 9.17) is 0 Å². The van der Waals surface area contributed by atoms with E-state index < -0.39 is 0 Å². The van der Waals surface area contributed by atoms with Gasteiger partial charge in [0.1, 0.15) is 0 Å². The molecule has 2 nitrogen and oxygen atoms in total. The van der Waals surface area contributed by atoms with E-state index in [0.717, 1.165) is 0 Å². The first-order valence-corrected chi connectivity index (χ1v) is 23.2. The molecule has 304 valence electrons. The van der Waals surface area contributed by atoms with Crippen LogP contribution in [0.2, 0.25) is 0 Å². The number of hydrogen-bond acceptors (Lipinski definition) is 1. The number of hydrogen-bond donors (Lipinski definition) is 0. The van der Waals surface area contributed by atoms with Crippen molar-refractivity contribution < 1.29 is 0 Å². The number of aromatic nitrogens is 2. The van der Waals surface area contributed by atoms with Crippen LogP contribution in [-0.4, -0.2) is 9.13 Å². The summed E-state index contributed by atoms with van der Waals surface area (Å²) >= 11 is 1.88. The van der Waals surface area contributed by atoms with Gasteiger partial charge in [-0.1, -0.05) is 145 Å². The van der Waals surface area contributed by atoms with Gasteiger partial charge in [-0.05, 0) is 130 Å². The number of nitrogens with zero attached hydrogens (tertiary/aromatic N) is 2. The zero-order valence-electron chi connectivity index (χ0n) is 36.3. The molecule has 0 saturated carbocycles. The topological polar surface area (TPSA) is 9.86 Å². The first kappa shape index (κ1) is 38.5. The van der Waals surface area contributed by atoms with Crippen LogP contribution in [0.4, 0.5) is 0 Å². The first-order chi connectivity index (χ1) is 30.2. The molecule has 62 heavy (non-hydrogen) atoms. The van der Waals surface area contributed by atoms with Gasteiger partial charge in [0.15, 0.2) is 0 Å². The van der Waals surface area contributed by atoms with E-state index in [-0.39, 0.29) is 5.41 Å². The maximum atomic E-state index is 2.49. The smallest absolute Gasteiger partial charge is 0.0541 e. The van der Waals surface area contributed by atoms with Crippen molar-refractivity contribution in [2.45, 2.75) is 59.8 Å². The molecule has 0 aliphatic carbocycles. The summed E-state index contributed by atoms with van der Waals surface area (Å²) in [5.41, 5.74) is 13.9. The summed E-state index contributed by atoms with van der Waals surface area (Å²) in [6, 6.07) is 66.0. The zero-order chi connectivity index (χ0) is 42.1. The monoisotopic (exact) mass is 820 g/mol. The van der Waals surface area contributed by atoms with Crippen LogP contribution in [0.3, 0.4) is 0 Å². The lowest BCUT2D eigenvalue weighted by Crippen LogP contribution is -2.21. The Morgan fingerprint density at radius 3 is 1.48 bits per heavy atom. The Labute approximate surface area is 368 Å². The molecule has 0 saturated heterocycles. The van der Waals surface area contributed by atoms with E-state index in [1.54, 1.807) is 0 Å². The van der Waals surface area contributed by atoms with Gasteiger partial charge in [0.2, 0.25) is 0 Å². The maximum Gasteiger partial charge on any atom is 0.0541 e. The number of fused-ring (bicyclic) bond motifs is 9. The molecule has 0 radical (unpaired) electrons. The number of benzene rings is 8. The van der Waals surface area contributed by atoms with E-state index in [1.165, 1.54) is 122 Å². The maximum absolute atomic E-state index is 2.49. The average molecular weight is 821 g/mol. The van der Waals surface area contributed by atoms with Crippen LogP contribution in [0.15, 0.2) is 176 Å². The highest BCUT2D eigenvalue weighted by atomic mass is 32.1. The summed E-state index contributed by atoms with van der Waals surface area (Å²) in [5.74, 6) is 1.18. The summed E-state index contributed by atoms with van der Waals surface area (Å²) in [7, 11) is 0. The normalized spacial score (nSPS) is 13.3. The van der Waals surface area contributed by atoms with Gasteiger partial charge in [0.05, 0.1) is 22.1 Å². The second-order valence-electron chi connectivity index (χ2n) is 18.7. The minimum absolute atomic E-state index is 0.173. The lowest BCUT2D eigenvalue weighted by molar-refractivity contribution is 0.268. The third-order valence-corrected chi connectivity index (χ3v) is 14.6. The van der Waals surface area contributed by atoms with Gasteiger partial charge < -0.3 is 9.13 Å². The molecule has 0 aliphatic heterocycles. The van der Waals surface area contributed by atoms with Crippen LogP contribution < -0.4 is 0 Å². The third kappa shape index (κ3) is 6.53. The molecule has 0 amide bonds. The molecule has 0 spiro atoms. The SMILES string of the molecule is CCCC(C)CC(c1cccc(-n2c3ccccc3c3cc(-c4ccc5sc6ccc(-c7cccc(-n8c9ccccc9c9ccccc98)c7)cc6c5c4)ccc32)c1)C(C)(C)C. The summed E-state index contributed by atoms with van der Waals surface area (Å²) < 4.78 is 7.52. The van der Waals surface area contributed by atoms with Crippen LogP contribution in [0.25, 0.3) is 97.4 Å². The van der Waals surface area contributed by atoms with Gasteiger partial charge in [-0.25, -0.2) is 0 Å². The standard InChI is InChI=1S/C59H52N2S/c1-6-15-38(2)32-52(59(3,4)5)43-17-14-19-45(34-43)61-55-25-12-9-22-48(55)49-35-40(26-29-56(49)61)42-28-31-58-51(37-42)50-36-41(27-30-57(50)62-58)39-16-13-18-44(33-39)60-53-23-10-7-20-46(53)47-21-8-11-24-54(47)60/h7-14,16-31,33-38,52H,6,15,32H2,1-5H3. The Morgan fingerprint density at radius 1 is 0.452 bits per heavy atom. The lowest BCUT2D eigenvalue weighted by atomic mass is 9.72. The number of rotatable bonds is 9. The zero-order valence-corrected chi connectivity index (χ0v) is 37.1. The predicted octanol–water partition coefficient (Wildman–Crippen LogP) is 17.5. The fraction of sp³-hybridized carbons (Fsp3) is 0.186. The van der Waals surface area contributed by atoms with Crippen LogP contribution in [0.5, 0.6) is 0 Å². The van der Waals surface area contributed by atoms with Crippen molar-refractivity contribution in [2.24, 2.45) is 11.3 Å². The van der Waals surface area contributed by atoms with Gasteiger partial charge in [-0.3, -0.25) is 0 Å². The number of thiophene rings is 1. The summed E-state index contributed by atoms with van der Waals surface area (Å²) in [4.78, 5) is 0. The van der Waals surface area contributed by atoms with Crippen LogP contribution in [0.1, 0.15) is 65.4 Å². The molecule has 0 bridgehead atoms. The van der Waals surface area contributed by atoms with E-state index >= 15 is 0 Å². The molecule has 8 aromatic carbocycles. The quantitative estimate of drug-likeness (QED) is 0.137. The third-order valence-electron chi connectivity index (χ3n) is 13.5. The highest BCUT2D eigenvalue weighted by Gasteiger charge is 2.28. The molecule has 3 heterocycles. The van der Waals surface area contributed by atoms with Crippen LogP contribution in [0, 0.1) is 11.3 Å². The molecule has 2 unspecified atom stereocenters. The van der Waals surface area contributed by atoms with E-state index in [2.05, 4.69) is 220 Å². The fourth-order valence-electron chi connectivity index (χ4n) is 10.5. The average Bonchev–Trinajstić information content (AvgIpc) is 3.95. The molecule has 0 fully saturated rings. The summed E-state index contributed by atoms with van der Waals surface area (Å²) in [6.45, 7) is 12.0. The predicted molar refractivity (Wildman–Crippen MR) is 270 cm³/mol. The molecule has 3 heteroatoms. The van der Waals surface area contributed by atoms with Crippen molar-refractivity contribution in [2.75, 3.05) is 0 Å². The Morgan fingerprint density at radius 2 is 0.919 bits per heavy atom. The van der Waals surface area contributed by atoms with Gasteiger partial charge in [0, 0.05) is 53.1 Å². The minimum Gasteiger partial charge on any atom is -0.309 e. The van der Waals surface area contributed by atoms with Gasteiger partial charge in [0.25, 0.3) is 0 Å². The minimum atomic E-state index is 0.173. The Hall–Kier alpha value is -6.42. The van der Waals surface area contributed by atoms with Gasteiger partial charge in [-0.15, -0.1) is 11.3 Å². The van der Waals surface area contributed by atoms with Crippen molar-refractivity contribution in [1.29, 1.82) is 0 Å². The van der Waals surface area contributed by atoms with Crippen LogP contribution in [-0.2, 0) is 0 Å². The molecule has 0 aliphatic rings. The molecule has 11 rings (SSSR count). The number of para-hydroxylation sites is 3. The molecule has 3 aromatic heterocycles. The second-order valence-corrected chi connectivity index (χ2v) is 19.8. The molecular formula is C59H52N2S. The van der Waals surface area contributed by atoms with E-state index in [9.17, 15) is 0 Å². The van der Waals surface area contributed by atoms with Crippen LogP contribution >= 0.6 is 11.3 Å².